The Hall–Kier alpha value is -4.84. The van der Waals surface area contributed by atoms with E-state index in [2.05, 4.69) is 48.5 Å². The van der Waals surface area contributed by atoms with Crippen LogP contribution in [0.1, 0.15) is 22.3 Å². The smallest absolute Gasteiger partial charge is 0.231 e. The maximum Gasteiger partial charge on any atom is 0.231 e. The highest BCUT2D eigenvalue weighted by atomic mass is 16.8. The molecule has 6 atom stereocenters. The Balaban J connectivity index is 0.919. The van der Waals surface area contributed by atoms with Gasteiger partial charge in [0.25, 0.3) is 0 Å². The summed E-state index contributed by atoms with van der Waals surface area (Å²) in [5, 5.41) is 0. The Morgan fingerprint density at radius 3 is 1.06 bits per heavy atom. The third kappa shape index (κ3) is 6.13. The first-order valence-electron chi connectivity index (χ1n) is 17.6. The fourth-order valence-corrected chi connectivity index (χ4v) is 8.16. The molecule has 6 heterocycles. The van der Waals surface area contributed by atoms with Crippen molar-refractivity contribution >= 4 is 0 Å². The normalized spacial score (nSPS) is 26.3. The van der Waals surface area contributed by atoms with Gasteiger partial charge >= 0.3 is 0 Å². The van der Waals surface area contributed by atoms with Crippen molar-refractivity contribution in [2.75, 3.05) is 40.4 Å². The third-order valence-electron chi connectivity index (χ3n) is 10.8. The SMILES string of the molecule is c1cc2c(cc1CC1COC(OC3OCC(Cc4ccc5c(c4)OCO5)C3Cc3ccc4c(c3)OCO4)C1Cc1ccc3c(c1)OCO3)OCO2. The zero-order valence-corrected chi connectivity index (χ0v) is 28.0. The average molecular weight is 695 g/mol. The molecule has 4 aromatic rings. The third-order valence-corrected chi connectivity index (χ3v) is 10.8. The van der Waals surface area contributed by atoms with Crippen LogP contribution in [0.3, 0.4) is 0 Å². The summed E-state index contributed by atoms with van der Waals surface area (Å²) in [6, 6.07) is 24.7. The monoisotopic (exact) mass is 694 g/mol. The second-order valence-corrected chi connectivity index (χ2v) is 14.0. The van der Waals surface area contributed by atoms with Crippen LogP contribution < -0.4 is 37.9 Å². The predicted octanol–water partition coefficient (Wildman–Crippen LogP) is 6.07. The summed E-state index contributed by atoms with van der Waals surface area (Å²) in [5.41, 5.74) is 4.63. The second kappa shape index (κ2) is 13.0. The van der Waals surface area contributed by atoms with E-state index < -0.39 is 12.6 Å². The summed E-state index contributed by atoms with van der Waals surface area (Å²) in [4.78, 5) is 0. The first kappa shape index (κ1) is 30.9. The van der Waals surface area contributed by atoms with Crippen molar-refractivity contribution in [2.45, 2.75) is 38.3 Å². The van der Waals surface area contributed by atoms with Gasteiger partial charge in [-0.1, -0.05) is 24.3 Å². The van der Waals surface area contributed by atoms with Gasteiger partial charge in [0.15, 0.2) is 58.6 Å². The lowest BCUT2D eigenvalue weighted by Crippen LogP contribution is -2.34. The summed E-state index contributed by atoms with van der Waals surface area (Å²) >= 11 is 0. The summed E-state index contributed by atoms with van der Waals surface area (Å²) < 4.78 is 65.2. The Labute approximate surface area is 295 Å². The lowest BCUT2D eigenvalue weighted by molar-refractivity contribution is -0.238. The summed E-state index contributed by atoms with van der Waals surface area (Å²) in [6.07, 6.45) is 2.17. The van der Waals surface area contributed by atoms with Gasteiger partial charge in [0, 0.05) is 11.8 Å². The van der Waals surface area contributed by atoms with Crippen LogP contribution >= 0.6 is 0 Å². The highest BCUT2D eigenvalue weighted by Crippen LogP contribution is 2.43. The van der Waals surface area contributed by atoms with Crippen molar-refractivity contribution in [3.8, 4) is 46.0 Å². The quantitative estimate of drug-likeness (QED) is 0.194. The first-order chi connectivity index (χ1) is 25.2. The largest absolute Gasteiger partial charge is 0.454 e. The van der Waals surface area contributed by atoms with Crippen molar-refractivity contribution < 1.29 is 52.1 Å². The number of benzene rings is 4. The molecule has 4 aromatic carbocycles. The van der Waals surface area contributed by atoms with E-state index in [0.717, 1.165) is 82.8 Å². The van der Waals surface area contributed by atoms with Gasteiger partial charge in [-0.05, 0) is 108 Å². The van der Waals surface area contributed by atoms with Gasteiger partial charge in [-0.2, -0.15) is 0 Å². The first-order valence-corrected chi connectivity index (χ1v) is 17.6. The van der Waals surface area contributed by atoms with Crippen molar-refractivity contribution in [1.82, 2.24) is 0 Å². The lowest BCUT2D eigenvalue weighted by Gasteiger charge is -2.29. The van der Waals surface area contributed by atoms with Crippen LogP contribution in [0.15, 0.2) is 72.8 Å². The molecular formula is C40H38O11. The van der Waals surface area contributed by atoms with Crippen molar-refractivity contribution in [3.63, 3.8) is 0 Å². The Morgan fingerprint density at radius 1 is 0.392 bits per heavy atom. The van der Waals surface area contributed by atoms with Crippen LogP contribution in [0.2, 0.25) is 0 Å². The molecule has 6 unspecified atom stereocenters. The molecule has 0 amide bonds. The van der Waals surface area contributed by atoms with Crippen molar-refractivity contribution in [1.29, 1.82) is 0 Å². The molecule has 2 fully saturated rings. The number of fused-ring (bicyclic) bond motifs is 4. The van der Waals surface area contributed by atoms with Crippen LogP contribution in [0.5, 0.6) is 46.0 Å². The van der Waals surface area contributed by atoms with Gasteiger partial charge in [-0.3, -0.25) is 0 Å². The van der Waals surface area contributed by atoms with Crippen LogP contribution in [0.4, 0.5) is 0 Å². The van der Waals surface area contributed by atoms with E-state index in [1.54, 1.807) is 0 Å². The average Bonchev–Trinajstić information content (AvgIpc) is 4.01. The molecule has 0 aromatic heterocycles. The van der Waals surface area contributed by atoms with Crippen LogP contribution in [-0.2, 0) is 39.9 Å². The van der Waals surface area contributed by atoms with Crippen LogP contribution in [-0.4, -0.2) is 53.0 Å². The predicted molar refractivity (Wildman–Crippen MR) is 180 cm³/mol. The van der Waals surface area contributed by atoms with Crippen LogP contribution in [0.25, 0.3) is 0 Å². The molecule has 264 valence electrons. The van der Waals surface area contributed by atoms with E-state index in [0.29, 0.717) is 13.2 Å². The molecule has 6 aliphatic rings. The van der Waals surface area contributed by atoms with Crippen molar-refractivity contribution in [2.24, 2.45) is 23.7 Å². The van der Waals surface area contributed by atoms with E-state index in [1.807, 2.05) is 24.3 Å². The second-order valence-electron chi connectivity index (χ2n) is 14.0. The summed E-state index contributed by atoms with van der Waals surface area (Å²) in [5.74, 6) is 6.70. The van der Waals surface area contributed by atoms with Gasteiger partial charge in [0.1, 0.15) is 0 Å². The van der Waals surface area contributed by atoms with Crippen molar-refractivity contribution in [3.05, 3.63) is 95.1 Å². The van der Waals surface area contributed by atoms with E-state index in [-0.39, 0.29) is 50.8 Å². The molecular weight excluding hydrogens is 656 g/mol. The molecule has 0 N–H and O–H groups in total. The fraction of sp³-hybridized carbons (Fsp3) is 0.400. The molecule has 6 aliphatic heterocycles. The molecule has 0 spiro atoms. The van der Waals surface area contributed by atoms with Gasteiger partial charge < -0.3 is 52.1 Å². The van der Waals surface area contributed by atoms with Gasteiger partial charge in [0.05, 0.1) is 13.2 Å². The van der Waals surface area contributed by atoms with Crippen LogP contribution in [0, 0.1) is 23.7 Å². The maximum atomic E-state index is 6.97. The molecule has 51 heavy (non-hydrogen) atoms. The molecule has 2 saturated heterocycles. The molecule has 0 aliphatic carbocycles. The van der Waals surface area contributed by atoms with E-state index in [4.69, 9.17) is 52.1 Å². The number of hydrogen-bond acceptors (Lipinski definition) is 11. The van der Waals surface area contributed by atoms with Gasteiger partial charge in [0.2, 0.25) is 27.2 Å². The van der Waals surface area contributed by atoms with E-state index in [9.17, 15) is 0 Å². The molecule has 11 nitrogen and oxygen atoms in total. The topological polar surface area (TPSA) is 102 Å². The summed E-state index contributed by atoms with van der Waals surface area (Å²) in [6.45, 7) is 2.10. The molecule has 0 saturated carbocycles. The highest BCUT2D eigenvalue weighted by Gasteiger charge is 2.45. The Bertz CT molecular complexity index is 1790. The lowest BCUT2D eigenvalue weighted by atomic mass is 9.83. The Kier molecular flexibility index (Phi) is 7.91. The minimum absolute atomic E-state index is 0.0542. The standard InChI is InChI=1S/C40H38O11/c1-5-31-35(47-19-43-31)13-23(1)9-27-17-41-39(29(27)11-25-3-7-33-37(15-25)49-21-45-33)51-40-30(12-26-4-8-34-38(16-26)50-22-46-34)28(18-42-40)10-24-2-6-32-36(14-24)48-20-44-32/h1-8,13-16,27-30,39-40H,9-12,17-22H2. The zero-order valence-electron chi connectivity index (χ0n) is 28.0. The highest BCUT2D eigenvalue weighted by molar-refractivity contribution is 5.47. The fourth-order valence-electron chi connectivity index (χ4n) is 8.16. The maximum absolute atomic E-state index is 6.97. The number of ether oxygens (including phenoxy) is 11. The minimum atomic E-state index is -0.469. The Morgan fingerprint density at radius 2 is 0.706 bits per heavy atom. The number of rotatable bonds is 10. The van der Waals surface area contributed by atoms with Gasteiger partial charge in [-0.25, -0.2) is 0 Å². The zero-order chi connectivity index (χ0) is 33.7. The minimum Gasteiger partial charge on any atom is -0.454 e. The van der Waals surface area contributed by atoms with E-state index in [1.165, 1.54) is 11.1 Å². The molecule has 0 radical (unpaired) electrons. The molecule has 0 bridgehead atoms. The van der Waals surface area contributed by atoms with E-state index >= 15 is 0 Å². The number of hydrogen-bond donors (Lipinski definition) is 0. The summed E-state index contributed by atoms with van der Waals surface area (Å²) in [7, 11) is 0. The molecule has 11 heteroatoms. The van der Waals surface area contributed by atoms with Gasteiger partial charge in [-0.15, -0.1) is 0 Å². The molecule has 10 rings (SSSR count).